The van der Waals surface area contributed by atoms with Crippen LogP contribution in [0, 0.1) is 5.92 Å². The molecule has 0 radical (unpaired) electrons. The Balaban J connectivity index is 1.54. The van der Waals surface area contributed by atoms with Crippen LogP contribution in [0.1, 0.15) is 18.7 Å². The maximum absolute atomic E-state index is 11.4. The molecule has 5 nitrogen and oxygen atoms in total. The van der Waals surface area contributed by atoms with Gasteiger partial charge in [0.05, 0.1) is 0 Å². The summed E-state index contributed by atoms with van der Waals surface area (Å²) in [5.41, 5.74) is 0.930. The third-order valence-corrected chi connectivity index (χ3v) is 3.09. The molecule has 2 aromatic rings. The van der Waals surface area contributed by atoms with Gasteiger partial charge in [-0.3, -0.25) is 4.79 Å². The van der Waals surface area contributed by atoms with Gasteiger partial charge in [0.1, 0.15) is 0 Å². The molecule has 1 heterocycles. The zero-order chi connectivity index (χ0) is 13.1. The van der Waals surface area contributed by atoms with Crippen LogP contribution >= 0.6 is 0 Å². The van der Waals surface area contributed by atoms with Crippen molar-refractivity contribution >= 4 is 5.91 Å². The second kappa shape index (κ2) is 5.22. The topological polar surface area (TPSA) is 68.0 Å². The number of amides is 1. The number of benzene rings is 1. The number of nitrogens with zero attached hydrogens (tertiary/aromatic N) is 2. The second-order valence-electron chi connectivity index (χ2n) is 4.69. The Morgan fingerprint density at radius 2 is 2.11 bits per heavy atom. The average Bonchev–Trinajstić information content (AvgIpc) is 3.20. The van der Waals surface area contributed by atoms with E-state index in [0.717, 1.165) is 18.4 Å². The number of aromatic nitrogens is 2. The second-order valence-corrected chi connectivity index (χ2v) is 4.69. The summed E-state index contributed by atoms with van der Waals surface area (Å²) >= 11 is 0. The Morgan fingerprint density at radius 3 is 2.84 bits per heavy atom. The molecule has 1 aromatic heterocycles. The summed E-state index contributed by atoms with van der Waals surface area (Å²) in [6.45, 7) is 0.547. The van der Waals surface area contributed by atoms with Gasteiger partial charge in [0.15, 0.2) is 0 Å². The van der Waals surface area contributed by atoms with Gasteiger partial charge in [-0.2, -0.15) is 4.98 Å². The molecular weight excluding hydrogens is 242 g/mol. The van der Waals surface area contributed by atoms with E-state index < -0.39 is 0 Å². The first-order chi connectivity index (χ1) is 9.33. The van der Waals surface area contributed by atoms with Gasteiger partial charge in [0.2, 0.25) is 17.6 Å². The highest BCUT2D eigenvalue weighted by Crippen LogP contribution is 2.28. The highest BCUT2D eigenvalue weighted by Gasteiger charge is 2.29. The van der Waals surface area contributed by atoms with E-state index in [1.165, 1.54) is 0 Å². The van der Waals surface area contributed by atoms with Crippen molar-refractivity contribution in [1.29, 1.82) is 0 Å². The molecule has 0 atom stereocenters. The standard InChI is InChI=1S/C14H15N3O2/c18-14(11-6-7-11)15-9-8-12-16-13(17-19-12)10-4-2-1-3-5-10/h1-5,11H,6-9H2,(H,15,18). The van der Waals surface area contributed by atoms with Crippen molar-refractivity contribution in [3.8, 4) is 11.4 Å². The van der Waals surface area contributed by atoms with Crippen molar-refractivity contribution < 1.29 is 9.32 Å². The lowest BCUT2D eigenvalue weighted by molar-refractivity contribution is -0.122. The van der Waals surface area contributed by atoms with E-state index in [-0.39, 0.29) is 11.8 Å². The molecule has 5 heteroatoms. The number of rotatable bonds is 5. The SMILES string of the molecule is O=C(NCCc1nc(-c2ccccc2)no1)C1CC1. The van der Waals surface area contributed by atoms with Crippen LogP contribution in [0.4, 0.5) is 0 Å². The van der Waals surface area contributed by atoms with Crippen LogP contribution in [0.2, 0.25) is 0 Å². The summed E-state index contributed by atoms with van der Waals surface area (Å²) < 4.78 is 5.16. The van der Waals surface area contributed by atoms with Gasteiger partial charge in [-0.1, -0.05) is 35.5 Å². The molecule has 98 valence electrons. The van der Waals surface area contributed by atoms with Crippen molar-refractivity contribution in [3.05, 3.63) is 36.2 Å². The average molecular weight is 257 g/mol. The minimum absolute atomic E-state index is 0.141. The van der Waals surface area contributed by atoms with Crippen molar-refractivity contribution in [1.82, 2.24) is 15.5 Å². The molecular formula is C14H15N3O2. The van der Waals surface area contributed by atoms with Crippen molar-refractivity contribution in [2.75, 3.05) is 6.54 Å². The number of carbonyl (C=O) groups excluding carboxylic acids is 1. The molecule has 1 saturated carbocycles. The Bertz CT molecular complexity index is 561. The first-order valence-electron chi connectivity index (χ1n) is 6.48. The molecule has 0 saturated heterocycles. The monoisotopic (exact) mass is 257 g/mol. The van der Waals surface area contributed by atoms with E-state index in [1.807, 2.05) is 30.3 Å². The molecule has 0 spiro atoms. The molecule has 1 amide bonds. The van der Waals surface area contributed by atoms with Gasteiger partial charge in [-0.05, 0) is 12.8 Å². The smallest absolute Gasteiger partial charge is 0.228 e. The number of nitrogens with one attached hydrogen (secondary N) is 1. The largest absolute Gasteiger partial charge is 0.355 e. The normalized spacial score (nSPS) is 14.3. The maximum Gasteiger partial charge on any atom is 0.228 e. The molecule has 1 aliphatic carbocycles. The maximum atomic E-state index is 11.4. The molecule has 0 aliphatic heterocycles. The van der Waals surface area contributed by atoms with Gasteiger partial charge < -0.3 is 9.84 Å². The summed E-state index contributed by atoms with van der Waals surface area (Å²) in [6, 6.07) is 9.67. The lowest BCUT2D eigenvalue weighted by atomic mass is 10.2. The van der Waals surface area contributed by atoms with E-state index in [0.29, 0.717) is 24.7 Å². The molecule has 1 N–H and O–H groups in total. The Kier molecular flexibility index (Phi) is 3.27. The minimum atomic E-state index is 0.141. The van der Waals surface area contributed by atoms with Crippen LogP contribution in [-0.4, -0.2) is 22.6 Å². The van der Waals surface area contributed by atoms with E-state index in [4.69, 9.17) is 4.52 Å². The molecule has 19 heavy (non-hydrogen) atoms. The van der Waals surface area contributed by atoms with Crippen LogP contribution in [-0.2, 0) is 11.2 Å². The fraction of sp³-hybridized carbons (Fsp3) is 0.357. The van der Waals surface area contributed by atoms with Gasteiger partial charge in [-0.25, -0.2) is 0 Å². The van der Waals surface area contributed by atoms with Crippen molar-refractivity contribution in [2.24, 2.45) is 5.92 Å². The Hall–Kier alpha value is -2.17. The molecule has 1 aromatic carbocycles. The Morgan fingerprint density at radius 1 is 1.32 bits per heavy atom. The minimum Gasteiger partial charge on any atom is -0.355 e. The lowest BCUT2D eigenvalue weighted by Gasteiger charge is -2.00. The van der Waals surface area contributed by atoms with E-state index in [9.17, 15) is 4.79 Å². The highest BCUT2D eigenvalue weighted by molar-refractivity contribution is 5.80. The van der Waals surface area contributed by atoms with Gasteiger partial charge >= 0.3 is 0 Å². The summed E-state index contributed by atoms with van der Waals surface area (Å²) in [5, 5.41) is 6.81. The Labute approximate surface area is 111 Å². The molecule has 1 fully saturated rings. The molecule has 0 bridgehead atoms. The lowest BCUT2D eigenvalue weighted by Crippen LogP contribution is -2.26. The summed E-state index contributed by atoms with van der Waals surface area (Å²) in [4.78, 5) is 15.8. The fourth-order valence-electron chi connectivity index (χ4n) is 1.84. The highest BCUT2D eigenvalue weighted by atomic mass is 16.5. The predicted molar refractivity (Wildman–Crippen MR) is 69.2 cm³/mol. The zero-order valence-corrected chi connectivity index (χ0v) is 10.5. The molecule has 3 rings (SSSR count). The summed E-state index contributed by atoms with van der Waals surface area (Å²) in [7, 11) is 0. The van der Waals surface area contributed by atoms with E-state index >= 15 is 0 Å². The number of hydrogen-bond donors (Lipinski definition) is 1. The van der Waals surface area contributed by atoms with Crippen LogP contribution < -0.4 is 5.32 Å². The van der Waals surface area contributed by atoms with E-state index in [1.54, 1.807) is 0 Å². The quantitative estimate of drug-likeness (QED) is 0.887. The van der Waals surface area contributed by atoms with E-state index in [2.05, 4.69) is 15.5 Å². The fourth-order valence-corrected chi connectivity index (χ4v) is 1.84. The summed E-state index contributed by atoms with van der Waals surface area (Å²) in [5.74, 6) is 1.52. The summed E-state index contributed by atoms with van der Waals surface area (Å²) in [6.07, 6.45) is 2.60. The van der Waals surface area contributed by atoms with Crippen LogP contribution in [0.25, 0.3) is 11.4 Å². The van der Waals surface area contributed by atoms with Gasteiger partial charge in [0.25, 0.3) is 0 Å². The van der Waals surface area contributed by atoms with Crippen LogP contribution in [0.3, 0.4) is 0 Å². The molecule has 0 unspecified atom stereocenters. The first-order valence-corrected chi connectivity index (χ1v) is 6.48. The third-order valence-electron chi connectivity index (χ3n) is 3.09. The third kappa shape index (κ3) is 2.99. The zero-order valence-electron chi connectivity index (χ0n) is 10.5. The van der Waals surface area contributed by atoms with Crippen molar-refractivity contribution in [2.45, 2.75) is 19.3 Å². The predicted octanol–water partition coefficient (Wildman–Crippen LogP) is 1.81. The van der Waals surface area contributed by atoms with Gasteiger partial charge in [0, 0.05) is 24.4 Å². The molecule has 1 aliphatic rings. The van der Waals surface area contributed by atoms with Crippen LogP contribution in [0.5, 0.6) is 0 Å². The van der Waals surface area contributed by atoms with Crippen molar-refractivity contribution in [3.63, 3.8) is 0 Å². The number of carbonyl (C=O) groups is 1. The van der Waals surface area contributed by atoms with Gasteiger partial charge in [-0.15, -0.1) is 0 Å². The number of hydrogen-bond acceptors (Lipinski definition) is 4. The first kappa shape index (κ1) is 11.9. The van der Waals surface area contributed by atoms with Crippen LogP contribution in [0.15, 0.2) is 34.9 Å².